The quantitative estimate of drug-likeness (QED) is 0.484. The molecule has 0 aliphatic rings. The number of nitro groups is 1. The number of aliphatic hydroxyl groups excluding tert-OH is 1. The highest BCUT2D eigenvalue weighted by atomic mass is 16.6. The summed E-state index contributed by atoms with van der Waals surface area (Å²) in [5.41, 5.74) is -0.613. The molecular weight excluding hydrogens is 272 g/mol. The van der Waals surface area contributed by atoms with Crippen LogP contribution in [0.15, 0.2) is 18.2 Å². The molecule has 3 N–H and O–H groups in total. The third kappa shape index (κ3) is 3.20. The summed E-state index contributed by atoms with van der Waals surface area (Å²) in [6.07, 6.45) is 0. The molecule has 0 aromatic heterocycles. The van der Waals surface area contributed by atoms with Gasteiger partial charge in [0.15, 0.2) is 6.04 Å². The summed E-state index contributed by atoms with van der Waals surface area (Å²) < 4.78 is 4.82. The van der Waals surface area contributed by atoms with Gasteiger partial charge in [0.25, 0.3) is 5.91 Å². The van der Waals surface area contributed by atoms with Gasteiger partial charge in [-0.05, 0) is 6.07 Å². The van der Waals surface area contributed by atoms with Gasteiger partial charge in [-0.2, -0.15) is 0 Å². The number of nitrogens with zero attached hydrogens (tertiary/aromatic N) is 1. The molecule has 1 atom stereocenters. The Morgan fingerprint density at radius 3 is 2.60 bits per heavy atom. The lowest BCUT2D eigenvalue weighted by Gasteiger charge is -2.13. The van der Waals surface area contributed by atoms with E-state index in [9.17, 15) is 19.7 Å². The molecule has 9 heteroatoms. The zero-order valence-electron chi connectivity index (χ0n) is 10.4. The number of benzene rings is 1. The summed E-state index contributed by atoms with van der Waals surface area (Å²) in [5, 5.41) is 30.4. The van der Waals surface area contributed by atoms with Crippen molar-refractivity contribution in [3.8, 4) is 5.75 Å². The second kappa shape index (κ2) is 6.48. The van der Waals surface area contributed by atoms with Gasteiger partial charge in [0.05, 0.1) is 24.2 Å². The third-order valence-electron chi connectivity index (χ3n) is 2.43. The van der Waals surface area contributed by atoms with E-state index in [0.717, 1.165) is 13.2 Å². The minimum absolute atomic E-state index is 0.193. The topological polar surface area (TPSA) is 139 Å². The summed E-state index contributed by atoms with van der Waals surface area (Å²) in [5.74, 6) is -2.60. The van der Waals surface area contributed by atoms with Crippen molar-refractivity contribution in [2.75, 3.05) is 13.7 Å². The molecule has 0 fully saturated rings. The number of methoxy groups -OCH3 is 1. The van der Waals surface area contributed by atoms with Crippen LogP contribution in [-0.4, -0.2) is 46.8 Å². The lowest BCUT2D eigenvalue weighted by molar-refractivity contribution is -0.385. The number of nitrogens with one attached hydrogen (secondary N) is 1. The van der Waals surface area contributed by atoms with Crippen molar-refractivity contribution in [2.45, 2.75) is 6.04 Å². The SMILES string of the molecule is COc1c(C(=O)N[C@@H](CO)C(=O)O)cccc1[N+](=O)[O-]. The highest BCUT2D eigenvalue weighted by molar-refractivity contribution is 6.00. The predicted molar refractivity (Wildman–Crippen MR) is 65.6 cm³/mol. The Morgan fingerprint density at radius 1 is 1.50 bits per heavy atom. The van der Waals surface area contributed by atoms with Gasteiger partial charge < -0.3 is 20.3 Å². The van der Waals surface area contributed by atoms with E-state index < -0.39 is 35.1 Å². The number of rotatable bonds is 6. The molecular formula is C11H12N2O7. The van der Waals surface area contributed by atoms with E-state index in [1.165, 1.54) is 12.1 Å². The molecule has 1 aromatic rings. The number of hydrogen-bond acceptors (Lipinski definition) is 6. The van der Waals surface area contributed by atoms with Gasteiger partial charge in [-0.15, -0.1) is 0 Å². The fraction of sp³-hybridized carbons (Fsp3) is 0.273. The van der Waals surface area contributed by atoms with Crippen molar-refractivity contribution in [1.29, 1.82) is 0 Å². The highest BCUT2D eigenvalue weighted by Crippen LogP contribution is 2.30. The molecule has 20 heavy (non-hydrogen) atoms. The first-order valence-corrected chi connectivity index (χ1v) is 5.38. The zero-order valence-corrected chi connectivity index (χ0v) is 10.4. The molecule has 0 bridgehead atoms. The molecule has 1 rings (SSSR count). The molecule has 1 amide bonds. The van der Waals surface area contributed by atoms with E-state index in [0.29, 0.717) is 0 Å². The standard InChI is InChI=1S/C11H12N2O7/c1-20-9-6(3-2-4-8(9)13(18)19)10(15)12-7(5-14)11(16)17/h2-4,7,14H,5H2,1H3,(H,12,15)(H,16,17)/t7-/m0/s1. The molecule has 1 aromatic carbocycles. The predicted octanol–water partition coefficient (Wildman–Crippen LogP) is -0.221. The fourth-order valence-corrected chi connectivity index (χ4v) is 1.48. The van der Waals surface area contributed by atoms with Gasteiger partial charge in [0.1, 0.15) is 0 Å². The van der Waals surface area contributed by atoms with Crippen LogP contribution in [0.4, 0.5) is 5.69 Å². The first-order valence-electron chi connectivity index (χ1n) is 5.38. The number of ether oxygens (including phenoxy) is 1. The van der Waals surface area contributed by atoms with Crippen molar-refractivity contribution >= 4 is 17.6 Å². The van der Waals surface area contributed by atoms with Crippen LogP contribution in [0, 0.1) is 10.1 Å². The molecule has 0 heterocycles. The van der Waals surface area contributed by atoms with Gasteiger partial charge in [0.2, 0.25) is 5.75 Å². The summed E-state index contributed by atoms with van der Waals surface area (Å²) in [6.45, 7) is -0.807. The van der Waals surface area contributed by atoms with Gasteiger partial charge in [-0.25, -0.2) is 4.79 Å². The molecule has 0 saturated carbocycles. The maximum absolute atomic E-state index is 11.9. The maximum atomic E-state index is 11.9. The third-order valence-corrected chi connectivity index (χ3v) is 2.43. The van der Waals surface area contributed by atoms with Crippen molar-refractivity contribution < 1.29 is 29.5 Å². The van der Waals surface area contributed by atoms with Crippen molar-refractivity contribution in [3.63, 3.8) is 0 Å². The van der Waals surface area contributed by atoms with Crippen molar-refractivity contribution in [2.24, 2.45) is 0 Å². The van der Waals surface area contributed by atoms with Gasteiger partial charge in [-0.1, -0.05) is 6.07 Å². The number of amides is 1. The average molecular weight is 284 g/mol. The maximum Gasteiger partial charge on any atom is 0.328 e. The summed E-state index contributed by atoms with van der Waals surface area (Å²) in [7, 11) is 1.15. The lowest BCUT2D eigenvalue weighted by atomic mass is 10.1. The van der Waals surface area contributed by atoms with E-state index >= 15 is 0 Å². The normalized spacial score (nSPS) is 11.5. The minimum atomic E-state index is -1.51. The van der Waals surface area contributed by atoms with E-state index in [-0.39, 0.29) is 11.3 Å². The molecule has 0 spiro atoms. The van der Waals surface area contributed by atoms with E-state index in [2.05, 4.69) is 0 Å². The minimum Gasteiger partial charge on any atom is -0.490 e. The number of carboxylic acid groups (broad SMARTS) is 1. The molecule has 0 radical (unpaired) electrons. The first-order chi connectivity index (χ1) is 9.42. The van der Waals surface area contributed by atoms with Crippen LogP contribution >= 0.6 is 0 Å². The van der Waals surface area contributed by atoms with Gasteiger partial charge >= 0.3 is 11.7 Å². The van der Waals surface area contributed by atoms with Crippen LogP contribution in [-0.2, 0) is 4.79 Å². The average Bonchev–Trinajstić information content (AvgIpc) is 2.42. The number of carboxylic acids is 1. The number of hydrogen-bond donors (Lipinski definition) is 3. The van der Waals surface area contributed by atoms with Crippen LogP contribution < -0.4 is 10.1 Å². The van der Waals surface area contributed by atoms with E-state index in [1.54, 1.807) is 0 Å². The van der Waals surface area contributed by atoms with Crippen molar-refractivity contribution in [3.05, 3.63) is 33.9 Å². The molecule has 108 valence electrons. The number of nitro benzene ring substituents is 1. The Kier molecular flexibility index (Phi) is 4.98. The Hall–Kier alpha value is -2.68. The largest absolute Gasteiger partial charge is 0.490 e. The van der Waals surface area contributed by atoms with Crippen LogP contribution in [0.2, 0.25) is 0 Å². The Bertz CT molecular complexity index is 544. The number of para-hydroxylation sites is 1. The van der Waals surface area contributed by atoms with E-state index in [4.69, 9.17) is 14.9 Å². The first kappa shape index (κ1) is 15.4. The second-order valence-electron chi connectivity index (χ2n) is 3.66. The summed E-state index contributed by atoms with van der Waals surface area (Å²) in [4.78, 5) is 32.7. The zero-order chi connectivity index (χ0) is 15.3. The number of carbonyl (C=O) groups excluding carboxylic acids is 1. The van der Waals surface area contributed by atoms with Crippen LogP contribution in [0.5, 0.6) is 5.75 Å². The Labute approximate surface area is 112 Å². The van der Waals surface area contributed by atoms with E-state index in [1.807, 2.05) is 5.32 Å². The molecule has 0 aliphatic heterocycles. The second-order valence-corrected chi connectivity index (χ2v) is 3.66. The van der Waals surface area contributed by atoms with Crippen molar-refractivity contribution in [1.82, 2.24) is 5.32 Å². The number of aliphatic carboxylic acids is 1. The summed E-state index contributed by atoms with van der Waals surface area (Å²) in [6, 6.07) is 2.16. The highest BCUT2D eigenvalue weighted by Gasteiger charge is 2.25. The Balaban J connectivity index is 3.13. The summed E-state index contributed by atoms with van der Waals surface area (Å²) >= 11 is 0. The molecule has 9 nitrogen and oxygen atoms in total. The molecule has 0 saturated heterocycles. The van der Waals surface area contributed by atoms with Crippen LogP contribution in [0.3, 0.4) is 0 Å². The fourth-order valence-electron chi connectivity index (χ4n) is 1.48. The smallest absolute Gasteiger partial charge is 0.328 e. The monoisotopic (exact) mass is 284 g/mol. The Morgan fingerprint density at radius 2 is 2.15 bits per heavy atom. The van der Waals surface area contributed by atoms with Crippen LogP contribution in [0.1, 0.15) is 10.4 Å². The lowest BCUT2D eigenvalue weighted by Crippen LogP contribution is -2.43. The van der Waals surface area contributed by atoms with Gasteiger partial charge in [-0.3, -0.25) is 14.9 Å². The molecule has 0 aliphatic carbocycles. The molecule has 0 unspecified atom stereocenters. The number of carbonyl (C=O) groups is 2. The van der Waals surface area contributed by atoms with Crippen LogP contribution in [0.25, 0.3) is 0 Å². The number of aliphatic hydroxyl groups is 1. The van der Waals surface area contributed by atoms with Gasteiger partial charge in [0, 0.05) is 6.07 Å².